The lowest BCUT2D eigenvalue weighted by Gasteiger charge is -2.09. The minimum atomic E-state index is -0.300. The lowest BCUT2D eigenvalue weighted by Crippen LogP contribution is -2.26. The van der Waals surface area contributed by atoms with Crippen molar-refractivity contribution in [1.29, 1.82) is 0 Å². The van der Waals surface area contributed by atoms with Gasteiger partial charge in [-0.05, 0) is 52.4 Å². The zero-order valence-corrected chi connectivity index (χ0v) is 13.2. The maximum absolute atomic E-state index is 13.1. The Hall–Kier alpha value is -0.900. The second-order valence-corrected chi connectivity index (χ2v) is 6.42. The van der Waals surface area contributed by atoms with Crippen LogP contribution in [0.2, 0.25) is 0 Å². The van der Waals surface area contributed by atoms with Gasteiger partial charge in [-0.3, -0.25) is 4.79 Å². The molecule has 1 aromatic carbocycles. The third kappa shape index (κ3) is 4.89. The molecule has 0 atom stereocenters. The van der Waals surface area contributed by atoms with Crippen LogP contribution in [0, 0.1) is 11.7 Å². The molecule has 0 saturated heterocycles. The van der Waals surface area contributed by atoms with Crippen LogP contribution in [-0.2, 0) is 11.2 Å². The third-order valence-electron chi connectivity index (χ3n) is 3.93. The highest BCUT2D eigenvalue weighted by Gasteiger charge is 2.14. The van der Waals surface area contributed by atoms with Gasteiger partial charge in [-0.15, -0.1) is 0 Å². The third-order valence-corrected chi connectivity index (χ3v) is 4.54. The minimum absolute atomic E-state index is 0.00919. The molecule has 0 heterocycles. The lowest BCUT2D eigenvalue weighted by molar-refractivity contribution is -0.120. The molecule has 1 N–H and O–H groups in total. The van der Waals surface area contributed by atoms with Crippen molar-refractivity contribution < 1.29 is 9.18 Å². The molecule has 1 aromatic rings. The normalized spacial score (nSPS) is 15.5. The zero-order chi connectivity index (χ0) is 14.4. The first-order chi connectivity index (χ1) is 9.65. The van der Waals surface area contributed by atoms with E-state index in [1.165, 1.54) is 38.2 Å². The zero-order valence-electron chi connectivity index (χ0n) is 11.6. The molecule has 0 aliphatic heterocycles. The van der Waals surface area contributed by atoms with Crippen molar-refractivity contribution in [1.82, 2.24) is 5.32 Å². The Morgan fingerprint density at radius 2 is 2.10 bits per heavy atom. The molecule has 0 unspecified atom stereocenters. The topological polar surface area (TPSA) is 29.1 Å². The first kappa shape index (κ1) is 15.5. The standard InChI is InChI=1S/C16H21BrFNO/c17-14-10-13(7-8-15(14)18)11-16(20)19-9-3-6-12-4-1-2-5-12/h7-8,10,12H,1-6,9,11H2,(H,19,20). The van der Waals surface area contributed by atoms with Crippen molar-refractivity contribution in [2.45, 2.75) is 44.9 Å². The number of hydrogen-bond donors (Lipinski definition) is 1. The molecule has 20 heavy (non-hydrogen) atoms. The summed E-state index contributed by atoms with van der Waals surface area (Å²) in [5.74, 6) is 0.584. The van der Waals surface area contributed by atoms with Crippen molar-refractivity contribution in [2.24, 2.45) is 5.92 Å². The number of hydrogen-bond acceptors (Lipinski definition) is 1. The Kier molecular flexibility index (Phi) is 6.02. The fraction of sp³-hybridized carbons (Fsp3) is 0.562. The van der Waals surface area contributed by atoms with Gasteiger partial charge in [0.1, 0.15) is 5.82 Å². The molecule has 1 aliphatic carbocycles. The Balaban J connectivity index is 1.65. The molecule has 2 rings (SSSR count). The number of halogens is 2. The molecule has 0 spiro atoms. The van der Waals surface area contributed by atoms with E-state index in [0.29, 0.717) is 10.9 Å². The van der Waals surface area contributed by atoms with Gasteiger partial charge in [-0.25, -0.2) is 4.39 Å². The summed E-state index contributed by atoms with van der Waals surface area (Å²) in [6, 6.07) is 4.69. The highest BCUT2D eigenvalue weighted by atomic mass is 79.9. The van der Waals surface area contributed by atoms with Crippen molar-refractivity contribution >= 4 is 21.8 Å². The Labute approximate surface area is 128 Å². The quantitative estimate of drug-likeness (QED) is 0.771. The van der Waals surface area contributed by atoms with Crippen LogP contribution in [0.4, 0.5) is 4.39 Å². The molecule has 1 aliphatic rings. The van der Waals surface area contributed by atoms with E-state index in [2.05, 4.69) is 21.2 Å². The first-order valence-corrected chi connectivity index (χ1v) is 8.15. The molecule has 0 bridgehead atoms. The van der Waals surface area contributed by atoms with Crippen LogP contribution in [0.5, 0.6) is 0 Å². The summed E-state index contributed by atoms with van der Waals surface area (Å²) in [5.41, 5.74) is 0.826. The average Bonchev–Trinajstić information content (AvgIpc) is 2.92. The predicted molar refractivity (Wildman–Crippen MR) is 82.0 cm³/mol. The fourth-order valence-electron chi connectivity index (χ4n) is 2.82. The molecule has 4 heteroatoms. The molecular formula is C16H21BrFNO. The highest BCUT2D eigenvalue weighted by molar-refractivity contribution is 9.10. The van der Waals surface area contributed by atoms with E-state index >= 15 is 0 Å². The van der Waals surface area contributed by atoms with E-state index in [4.69, 9.17) is 0 Å². The van der Waals surface area contributed by atoms with Gasteiger partial charge < -0.3 is 5.32 Å². The number of amides is 1. The number of carbonyl (C=O) groups excluding carboxylic acids is 1. The first-order valence-electron chi connectivity index (χ1n) is 7.36. The van der Waals surface area contributed by atoms with Gasteiger partial charge in [-0.2, -0.15) is 0 Å². The van der Waals surface area contributed by atoms with E-state index < -0.39 is 0 Å². The van der Waals surface area contributed by atoms with Crippen LogP contribution in [0.1, 0.15) is 44.1 Å². The predicted octanol–water partition coefficient (Wildman–Crippen LogP) is 4.22. The maximum Gasteiger partial charge on any atom is 0.224 e. The summed E-state index contributed by atoms with van der Waals surface area (Å²) in [7, 11) is 0. The summed E-state index contributed by atoms with van der Waals surface area (Å²) < 4.78 is 13.5. The average molecular weight is 342 g/mol. The molecule has 1 fully saturated rings. The van der Waals surface area contributed by atoms with E-state index in [-0.39, 0.29) is 11.7 Å². The molecule has 0 aromatic heterocycles. The van der Waals surface area contributed by atoms with E-state index in [9.17, 15) is 9.18 Å². The summed E-state index contributed by atoms with van der Waals surface area (Å²) >= 11 is 3.13. The number of nitrogens with one attached hydrogen (secondary N) is 1. The number of carbonyl (C=O) groups is 1. The largest absolute Gasteiger partial charge is 0.356 e. The molecule has 2 nitrogen and oxygen atoms in total. The Morgan fingerprint density at radius 3 is 2.80 bits per heavy atom. The monoisotopic (exact) mass is 341 g/mol. The van der Waals surface area contributed by atoms with E-state index in [1.54, 1.807) is 12.1 Å². The molecule has 0 radical (unpaired) electrons. The van der Waals surface area contributed by atoms with Gasteiger partial charge in [0.25, 0.3) is 0 Å². The summed E-state index contributed by atoms with van der Waals surface area (Å²) in [5, 5.41) is 2.94. The number of rotatable bonds is 6. The van der Waals surface area contributed by atoms with Gasteiger partial charge in [0.15, 0.2) is 0 Å². The molecule has 110 valence electrons. The van der Waals surface area contributed by atoms with Crippen LogP contribution >= 0.6 is 15.9 Å². The van der Waals surface area contributed by atoms with Crippen LogP contribution in [0.3, 0.4) is 0 Å². The van der Waals surface area contributed by atoms with E-state index in [1.807, 2.05) is 0 Å². The minimum Gasteiger partial charge on any atom is -0.356 e. The highest BCUT2D eigenvalue weighted by Crippen LogP contribution is 2.28. The van der Waals surface area contributed by atoms with Crippen LogP contribution < -0.4 is 5.32 Å². The van der Waals surface area contributed by atoms with Crippen molar-refractivity contribution in [2.75, 3.05) is 6.54 Å². The van der Waals surface area contributed by atoms with Crippen molar-refractivity contribution in [3.63, 3.8) is 0 Å². The van der Waals surface area contributed by atoms with Gasteiger partial charge >= 0.3 is 0 Å². The summed E-state index contributed by atoms with van der Waals surface area (Å²) in [6.45, 7) is 0.748. The van der Waals surface area contributed by atoms with Crippen molar-refractivity contribution in [3.8, 4) is 0 Å². The molecule has 1 amide bonds. The second-order valence-electron chi connectivity index (χ2n) is 5.57. The Bertz CT molecular complexity index is 458. The van der Waals surface area contributed by atoms with Crippen LogP contribution in [0.15, 0.2) is 22.7 Å². The molecule has 1 saturated carbocycles. The van der Waals surface area contributed by atoms with Gasteiger partial charge in [-0.1, -0.05) is 31.7 Å². The smallest absolute Gasteiger partial charge is 0.224 e. The fourth-order valence-corrected chi connectivity index (χ4v) is 3.24. The van der Waals surface area contributed by atoms with Crippen LogP contribution in [0.25, 0.3) is 0 Å². The summed E-state index contributed by atoms with van der Waals surface area (Å²) in [6.07, 6.45) is 8.05. The second kappa shape index (κ2) is 7.77. The Morgan fingerprint density at radius 1 is 1.35 bits per heavy atom. The van der Waals surface area contributed by atoms with E-state index in [0.717, 1.165) is 24.4 Å². The van der Waals surface area contributed by atoms with Crippen molar-refractivity contribution in [3.05, 3.63) is 34.1 Å². The van der Waals surface area contributed by atoms with Gasteiger partial charge in [0.05, 0.1) is 10.9 Å². The van der Waals surface area contributed by atoms with Gasteiger partial charge in [0, 0.05) is 6.54 Å². The SMILES string of the molecule is O=C(Cc1ccc(F)c(Br)c1)NCCCC1CCCC1. The molecular weight excluding hydrogens is 321 g/mol. The summed E-state index contributed by atoms with van der Waals surface area (Å²) in [4.78, 5) is 11.8. The number of benzene rings is 1. The lowest BCUT2D eigenvalue weighted by atomic mass is 10.0. The maximum atomic E-state index is 13.1. The van der Waals surface area contributed by atoms with Gasteiger partial charge in [0.2, 0.25) is 5.91 Å². The van der Waals surface area contributed by atoms with Crippen LogP contribution in [-0.4, -0.2) is 12.5 Å².